The summed E-state index contributed by atoms with van der Waals surface area (Å²) in [5, 5.41) is 9.71. The molecule has 0 atom stereocenters. The molecule has 2 aromatic carbocycles. The van der Waals surface area contributed by atoms with E-state index in [4.69, 9.17) is 28.5 Å². The van der Waals surface area contributed by atoms with Crippen molar-refractivity contribution < 1.29 is 8.78 Å². The molecule has 6 heteroatoms. The summed E-state index contributed by atoms with van der Waals surface area (Å²) in [6, 6.07) is 9.48. The summed E-state index contributed by atoms with van der Waals surface area (Å²) in [6.45, 7) is 0. The average Bonchev–Trinajstić information content (AvgIpc) is 2.54. The Morgan fingerprint density at radius 2 is 1.96 bits per heavy atom. The number of allylic oxidation sites excluding steroid dienone is 1. The Morgan fingerprint density at radius 3 is 2.57 bits per heavy atom. The van der Waals surface area contributed by atoms with Gasteiger partial charge in [-0.15, -0.1) is 11.8 Å². The van der Waals surface area contributed by atoms with Crippen molar-refractivity contribution in [3.05, 3.63) is 73.6 Å². The van der Waals surface area contributed by atoms with Crippen LogP contribution in [0.3, 0.4) is 0 Å². The van der Waals surface area contributed by atoms with E-state index in [-0.39, 0.29) is 16.9 Å². The van der Waals surface area contributed by atoms with Gasteiger partial charge in [0.15, 0.2) is 0 Å². The molecule has 0 amide bonds. The monoisotopic (exact) mass is 369 g/mol. The van der Waals surface area contributed by atoms with Crippen LogP contribution in [0.2, 0.25) is 10.0 Å². The lowest BCUT2D eigenvalue weighted by Crippen LogP contribution is -1.98. The van der Waals surface area contributed by atoms with Crippen LogP contribution in [0.1, 0.15) is 16.7 Å². The van der Waals surface area contributed by atoms with Crippen LogP contribution in [-0.2, 0) is 6.42 Å². The Hall–Kier alpha value is -1.54. The zero-order valence-corrected chi connectivity index (χ0v) is 14.4. The summed E-state index contributed by atoms with van der Waals surface area (Å²) < 4.78 is 28.4. The maximum absolute atomic E-state index is 14.6. The fourth-order valence-electron chi connectivity index (χ4n) is 2.02. The lowest BCUT2D eigenvalue weighted by molar-refractivity contribution is 0.570. The van der Waals surface area contributed by atoms with E-state index in [9.17, 15) is 8.78 Å². The molecule has 0 aromatic heterocycles. The van der Waals surface area contributed by atoms with E-state index >= 15 is 0 Å². The second kappa shape index (κ2) is 7.83. The second-order valence-corrected chi connectivity index (χ2v) is 6.35. The van der Waals surface area contributed by atoms with Crippen LogP contribution in [-0.4, -0.2) is 6.26 Å². The number of hydrogen-bond acceptors (Lipinski definition) is 2. The lowest BCUT2D eigenvalue weighted by Gasteiger charge is -2.08. The van der Waals surface area contributed by atoms with Gasteiger partial charge in [-0.2, -0.15) is 5.26 Å². The Morgan fingerprint density at radius 1 is 1.22 bits per heavy atom. The standard InChI is InChI=1S/C17H11Cl2F2NS/c1-23-12(9-22)8-13-16(20)5-3-11(17(13)21)6-10-2-4-14(18)15(19)7-10/h2-5,7-8H,6H2,1H3/b12-8+. The summed E-state index contributed by atoms with van der Waals surface area (Å²) in [5.74, 6) is -1.39. The molecule has 0 fully saturated rings. The third-order valence-electron chi connectivity index (χ3n) is 3.19. The number of halogens is 4. The van der Waals surface area contributed by atoms with Crippen molar-refractivity contribution in [3.8, 4) is 6.07 Å². The molecule has 0 bridgehead atoms. The molecule has 0 aliphatic heterocycles. The Labute approximate surface area is 147 Å². The highest BCUT2D eigenvalue weighted by Crippen LogP contribution is 2.27. The topological polar surface area (TPSA) is 23.8 Å². The number of thioether (sulfide) groups is 1. The van der Waals surface area contributed by atoms with Crippen LogP contribution in [0.5, 0.6) is 0 Å². The van der Waals surface area contributed by atoms with Gasteiger partial charge in [-0.05, 0) is 41.7 Å². The highest BCUT2D eigenvalue weighted by molar-refractivity contribution is 8.02. The number of benzene rings is 2. The predicted molar refractivity (Wildman–Crippen MR) is 92.7 cm³/mol. The van der Waals surface area contributed by atoms with Crippen molar-refractivity contribution in [3.63, 3.8) is 0 Å². The minimum absolute atomic E-state index is 0.214. The maximum Gasteiger partial charge on any atom is 0.136 e. The Balaban J connectivity index is 2.43. The van der Waals surface area contributed by atoms with Gasteiger partial charge < -0.3 is 0 Å². The van der Waals surface area contributed by atoms with E-state index in [1.807, 2.05) is 6.07 Å². The van der Waals surface area contributed by atoms with Crippen LogP contribution in [0.15, 0.2) is 35.2 Å². The third-order valence-corrected chi connectivity index (χ3v) is 4.58. The molecule has 118 valence electrons. The first-order valence-corrected chi connectivity index (χ1v) is 8.51. The van der Waals surface area contributed by atoms with Crippen molar-refractivity contribution in [2.24, 2.45) is 0 Å². The summed E-state index contributed by atoms with van der Waals surface area (Å²) >= 11 is 12.9. The highest BCUT2D eigenvalue weighted by Gasteiger charge is 2.13. The van der Waals surface area contributed by atoms with Gasteiger partial charge in [0.2, 0.25) is 0 Å². The fourth-order valence-corrected chi connectivity index (χ4v) is 2.67. The normalized spacial score (nSPS) is 11.4. The first-order valence-electron chi connectivity index (χ1n) is 6.53. The summed E-state index contributed by atoms with van der Waals surface area (Å²) in [7, 11) is 0. The molecule has 0 aliphatic rings. The lowest BCUT2D eigenvalue weighted by atomic mass is 10.0. The number of nitriles is 1. The van der Waals surface area contributed by atoms with Crippen LogP contribution < -0.4 is 0 Å². The second-order valence-electron chi connectivity index (χ2n) is 4.68. The number of rotatable bonds is 4. The molecule has 2 aromatic rings. The summed E-state index contributed by atoms with van der Waals surface area (Å²) in [5.41, 5.74) is 0.855. The fraction of sp³-hybridized carbons (Fsp3) is 0.118. The third kappa shape index (κ3) is 4.26. The van der Waals surface area contributed by atoms with E-state index in [0.717, 1.165) is 17.3 Å². The van der Waals surface area contributed by atoms with Gasteiger partial charge in [0.1, 0.15) is 17.7 Å². The van der Waals surface area contributed by atoms with Crippen molar-refractivity contribution in [1.29, 1.82) is 5.26 Å². The molecule has 0 saturated carbocycles. The van der Waals surface area contributed by atoms with E-state index < -0.39 is 11.6 Å². The zero-order chi connectivity index (χ0) is 17.0. The van der Waals surface area contributed by atoms with E-state index in [1.54, 1.807) is 24.5 Å². The van der Waals surface area contributed by atoms with Crippen molar-refractivity contribution in [1.82, 2.24) is 0 Å². The first kappa shape index (κ1) is 17.8. The van der Waals surface area contributed by atoms with Crippen molar-refractivity contribution in [2.75, 3.05) is 6.26 Å². The van der Waals surface area contributed by atoms with Gasteiger partial charge in [-0.3, -0.25) is 0 Å². The van der Waals surface area contributed by atoms with E-state index in [0.29, 0.717) is 15.6 Å². The smallest absolute Gasteiger partial charge is 0.136 e. The van der Waals surface area contributed by atoms with Crippen LogP contribution in [0.4, 0.5) is 8.78 Å². The van der Waals surface area contributed by atoms with E-state index in [1.165, 1.54) is 18.2 Å². The molecule has 1 nitrogen and oxygen atoms in total. The van der Waals surface area contributed by atoms with Crippen LogP contribution >= 0.6 is 35.0 Å². The minimum Gasteiger partial charge on any atom is -0.206 e. The number of nitrogens with zero attached hydrogens (tertiary/aromatic N) is 1. The van der Waals surface area contributed by atoms with Gasteiger partial charge in [0, 0.05) is 12.0 Å². The molecule has 0 N–H and O–H groups in total. The van der Waals surface area contributed by atoms with Crippen molar-refractivity contribution >= 4 is 41.0 Å². The molecule has 2 rings (SSSR count). The van der Waals surface area contributed by atoms with Crippen LogP contribution in [0, 0.1) is 23.0 Å². The molecule has 0 aliphatic carbocycles. The predicted octanol–water partition coefficient (Wildman–Crippen LogP) is 6.09. The van der Waals surface area contributed by atoms with Gasteiger partial charge >= 0.3 is 0 Å². The Bertz CT molecular complexity index is 813. The van der Waals surface area contributed by atoms with Gasteiger partial charge in [-0.25, -0.2) is 8.78 Å². The zero-order valence-electron chi connectivity index (χ0n) is 12.0. The summed E-state index contributed by atoms with van der Waals surface area (Å²) in [4.78, 5) is 0.231. The average molecular weight is 370 g/mol. The SMILES string of the molecule is CS/C(C#N)=C/c1c(F)ccc(Cc2ccc(Cl)c(Cl)c2)c1F. The van der Waals surface area contributed by atoms with Gasteiger partial charge in [-0.1, -0.05) is 35.3 Å². The highest BCUT2D eigenvalue weighted by atomic mass is 35.5. The first-order chi connectivity index (χ1) is 11.0. The molecule has 0 saturated heterocycles. The molecule has 0 unspecified atom stereocenters. The summed E-state index contributed by atoms with van der Waals surface area (Å²) in [6.07, 6.45) is 3.13. The molecular formula is C17H11Cl2F2NS. The van der Waals surface area contributed by atoms with Crippen molar-refractivity contribution in [2.45, 2.75) is 6.42 Å². The minimum atomic E-state index is -0.706. The van der Waals surface area contributed by atoms with E-state index in [2.05, 4.69) is 0 Å². The van der Waals surface area contributed by atoms with Crippen LogP contribution in [0.25, 0.3) is 6.08 Å². The van der Waals surface area contributed by atoms with Gasteiger partial charge in [0.05, 0.1) is 15.0 Å². The maximum atomic E-state index is 14.6. The molecular weight excluding hydrogens is 359 g/mol. The molecule has 0 spiro atoms. The molecule has 23 heavy (non-hydrogen) atoms. The number of hydrogen-bond donors (Lipinski definition) is 0. The molecule has 0 radical (unpaired) electrons. The molecule has 0 heterocycles. The van der Waals surface area contributed by atoms with Gasteiger partial charge in [0.25, 0.3) is 0 Å². The quantitative estimate of drug-likeness (QED) is 0.608. The Kier molecular flexibility index (Phi) is 6.06. The largest absolute Gasteiger partial charge is 0.206 e.